The van der Waals surface area contributed by atoms with E-state index in [9.17, 15) is 9.18 Å². The smallest absolute Gasteiger partial charge is 0.169 e. The van der Waals surface area contributed by atoms with Gasteiger partial charge >= 0.3 is 0 Å². The van der Waals surface area contributed by atoms with Crippen molar-refractivity contribution in [1.82, 2.24) is 0 Å². The summed E-state index contributed by atoms with van der Waals surface area (Å²) in [5.74, 6) is -0.550. The molecule has 0 saturated carbocycles. The Morgan fingerprint density at radius 3 is 2.68 bits per heavy atom. The van der Waals surface area contributed by atoms with E-state index >= 15 is 0 Å². The lowest BCUT2D eigenvalue weighted by molar-refractivity contribution is 0.0993. The van der Waals surface area contributed by atoms with Gasteiger partial charge in [0.25, 0.3) is 0 Å². The molecule has 2 aromatic carbocycles. The molecule has 98 valence electrons. The number of carbonyl (C=O) groups excluding carboxylic acids is 1. The summed E-state index contributed by atoms with van der Waals surface area (Å²) in [6, 6.07) is 9.29. The number of hydrogen-bond acceptors (Lipinski definition) is 2. The number of Topliss-reactive ketones (excluding diaryl/α,β-unsaturated/α-hetero) is 1. The number of aryl methyl sites for hydroxylation is 1. The molecular formula is C15H13ClFNO. The van der Waals surface area contributed by atoms with Crippen LogP contribution in [0.4, 0.5) is 10.1 Å². The number of carbonyl (C=O) groups is 1. The second-order valence-corrected chi connectivity index (χ2v) is 4.83. The normalized spacial score (nSPS) is 10.5. The summed E-state index contributed by atoms with van der Waals surface area (Å²) < 4.78 is 12.9. The highest BCUT2D eigenvalue weighted by atomic mass is 35.5. The number of rotatable bonds is 3. The average molecular weight is 278 g/mol. The molecule has 2 N–H and O–H groups in total. The van der Waals surface area contributed by atoms with Gasteiger partial charge in [0.15, 0.2) is 5.78 Å². The molecule has 2 aromatic rings. The molecule has 0 aromatic heterocycles. The second-order valence-electron chi connectivity index (χ2n) is 4.43. The van der Waals surface area contributed by atoms with Crippen LogP contribution in [0, 0.1) is 12.7 Å². The fourth-order valence-electron chi connectivity index (χ4n) is 1.84. The van der Waals surface area contributed by atoms with E-state index in [0.717, 1.165) is 5.56 Å². The number of benzene rings is 2. The number of nitrogens with two attached hydrogens (primary N) is 1. The maximum atomic E-state index is 12.9. The Kier molecular flexibility index (Phi) is 3.86. The molecule has 0 amide bonds. The van der Waals surface area contributed by atoms with Crippen LogP contribution in [-0.2, 0) is 6.42 Å². The molecule has 0 fully saturated rings. The number of nitrogen functional groups attached to an aromatic ring is 1. The highest BCUT2D eigenvalue weighted by molar-refractivity contribution is 6.31. The van der Waals surface area contributed by atoms with Crippen molar-refractivity contribution in [2.24, 2.45) is 0 Å². The third-order valence-corrected chi connectivity index (χ3v) is 3.23. The van der Waals surface area contributed by atoms with E-state index in [1.54, 1.807) is 12.1 Å². The monoisotopic (exact) mass is 277 g/mol. The minimum absolute atomic E-state index is 0.104. The zero-order valence-electron chi connectivity index (χ0n) is 10.4. The fraction of sp³-hybridized carbons (Fsp3) is 0.133. The summed E-state index contributed by atoms with van der Waals surface area (Å²) in [6.45, 7) is 1.89. The lowest BCUT2D eigenvalue weighted by Crippen LogP contribution is -2.08. The summed E-state index contributed by atoms with van der Waals surface area (Å²) in [7, 11) is 0. The molecule has 0 aliphatic heterocycles. The van der Waals surface area contributed by atoms with E-state index in [1.807, 2.05) is 13.0 Å². The van der Waals surface area contributed by atoms with Gasteiger partial charge in [0.05, 0.1) is 0 Å². The third-order valence-electron chi connectivity index (χ3n) is 2.88. The van der Waals surface area contributed by atoms with Gasteiger partial charge in [0, 0.05) is 22.7 Å². The van der Waals surface area contributed by atoms with Crippen molar-refractivity contribution < 1.29 is 9.18 Å². The number of ketones is 1. The van der Waals surface area contributed by atoms with Crippen molar-refractivity contribution in [3.63, 3.8) is 0 Å². The van der Waals surface area contributed by atoms with E-state index in [1.165, 1.54) is 18.2 Å². The Labute approximate surface area is 116 Å². The minimum atomic E-state index is -0.420. The van der Waals surface area contributed by atoms with E-state index in [2.05, 4.69) is 0 Å². The molecule has 0 saturated heterocycles. The van der Waals surface area contributed by atoms with E-state index in [-0.39, 0.29) is 17.2 Å². The summed E-state index contributed by atoms with van der Waals surface area (Å²) in [5, 5.41) is 0.250. The largest absolute Gasteiger partial charge is 0.398 e. The zero-order valence-corrected chi connectivity index (χ0v) is 11.2. The van der Waals surface area contributed by atoms with Gasteiger partial charge in [0.2, 0.25) is 0 Å². The predicted molar refractivity (Wildman–Crippen MR) is 75.0 cm³/mol. The van der Waals surface area contributed by atoms with Crippen LogP contribution < -0.4 is 5.73 Å². The first-order valence-electron chi connectivity index (χ1n) is 5.80. The fourth-order valence-corrected chi connectivity index (χ4v) is 2.08. The first kappa shape index (κ1) is 13.6. The highest BCUT2D eigenvalue weighted by Crippen LogP contribution is 2.21. The van der Waals surface area contributed by atoms with Gasteiger partial charge in [-0.3, -0.25) is 4.79 Å². The van der Waals surface area contributed by atoms with Gasteiger partial charge in [-0.2, -0.15) is 0 Å². The van der Waals surface area contributed by atoms with Gasteiger partial charge in [-0.15, -0.1) is 0 Å². The van der Waals surface area contributed by atoms with Crippen LogP contribution in [-0.4, -0.2) is 5.78 Å². The van der Waals surface area contributed by atoms with Crippen LogP contribution in [0.3, 0.4) is 0 Å². The van der Waals surface area contributed by atoms with Gasteiger partial charge in [0.1, 0.15) is 5.82 Å². The maximum Gasteiger partial charge on any atom is 0.169 e. The van der Waals surface area contributed by atoms with E-state index in [0.29, 0.717) is 16.8 Å². The Bertz CT molecular complexity index is 640. The van der Waals surface area contributed by atoms with Crippen LogP contribution in [0.25, 0.3) is 0 Å². The summed E-state index contributed by atoms with van der Waals surface area (Å²) in [6.07, 6.45) is 0.104. The Balaban J connectivity index is 2.28. The molecule has 0 spiro atoms. The van der Waals surface area contributed by atoms with Gasteiger partial charge < -0.3 is 5.73 Å². The second kappa shape index (κ2) is 5.41. The lowest BCUT2D eigenvalue weighted by atomic mass is 10.00. The van der Waals surface area contributed by atoms with Crippen LogP contribution in [0.2, 0.25) is 5.02 Å². The van der Waals surface area contributed by atoms with Gasteiger partial charge in [-0.05, 0) is 36.8 Å². The van der Waals surface area contributed by atoms with Gasteiger partial charge in [-0.25, -0.2) is 4.39 Å². The number of hydrogen-bond donors (Lipinski definition) is 1. The molecule has 4 heteroatoms. The maximum absolute atomic E-state index is 12.9. The predicted octanol–water partition coefficient (Wildman–Crippen LogP) is 3.80. The molecule has 2 rings (SSSR count). The zero-order chi connectivity index (χ0) is 14.0. The van der Waals surface area contributed by atoms with Gasteiger partial charge in [-0.1, -0.05) is 29.3 Å². The first-order chi connectivity index (χ1) is 8.97. The Morgan fingerprint density at radius 1 is 1.26 bits per heavy atom. The average Bonchev–Trinajstić information content (AvgIpc) is 2.35. The lowest BCUT2D eigenvalue weighted by Gasteiger charge is -2.07. The highest BCUT2D eigenvalue weighted by Gasteiger charge is 2.13. The van der Waals surface area contributed by atoms with Crippen molar-refractivity contribution in [2.75, 3.05) is 5.73 Å². The SMILES string of the molecule is Cc1ccc(N)c(C(=O)Cc2ccc(F)cc2Cl)c1. The molecule has 0 unspecified atom stereocenters. The van der Waals surface area contributed by atoms with Crippen LogP contribution in [0.1, 0.15) is 21.5 Å². The first-order valence-corrected chi connectivity index (χ1v) is 6.18. The standard InChI is InChI=1S/C15H13ClFNO/c1-9-2-5-14(18)12(6-9)15(19)7-10-3-4-11(17)8-13(10)16/h2-6,8H,7,18H2,1H3. The summed E-state index contributed by atoms with van der Waals surface area (Å²) in [5.41, 5.74) is 8.26. The molecule has 0 bridgehead atoms. The molecule has 0 aliphatic rings. The van der Waals surface area contributed by atoms with Crippen molar-refractivity contribution in [1.29, 1.82) is 0 Å². The minimum Gasteiger partial charge on any atom is -0.398 e. The summed E-state index contributed by atoms with van der Waals surface area (Å²) in [4.78, 5) is 12.2. The van der Waals surface area contributed by atoms with Crippen LogP contribution in [0.15, 0.2) is 36.4 Å². The number of anilines is 1. The molecular weight excluding hydrogens is 265 g/mol. The molecule has 0 atom stereocenters. The summed E-state index contributed by atoms with van der Waals surface area (Å²) >= 11 is 5.91. The van der Waals surface area contributed by atoms with E-state index in [4.69, 9.17) is 17.3 Å². The van der Waals surface area contributed by atoms with Crippen LogP contribution in [0.5, 0.6) is 0 Å². The molecule has 0 heterocycles. The van der Waals surface area contributed by atoms with Crippen LogP contribution >= 0.6 is 11.6 Å². The van der Waals surface area contributed by atoms with E-state index < -0.39 is 5.82 Å². The van der Waals surface area contributed by atoms with Crippen molar-refractivity contribution in [3.8, 4) is 0 Å². The van der Waals surface area contributed by atoms with Crippen molar-refractivity contribution in [3.05, 3.63) is 63.9 Å². The van der Waals surface area contributed by atoms with Crippen molar-refractivity contribution in [2.45, 2.75) is 13.3 Å². The molecule has 2 nitrogen and oxygen atoms in total. The topological polar surface area (TPSA) is 43.1 Å². The Morgan fingerprint density at radius 2 is 2.00 bits per heavy atom. The van der Waals surface area contributed by atoms with Crippen molar-refractivity contribution >= 4 is 23.1 Å². The Hall–Kier alpha value is -1.87. The number of halogens is 2. The molecule has 0 radical (unpaired) electrons. The quantitative estimate of drug-likeness (QED) is 0.685. The molecule has 19 heavy (non-hydrogen) atoms. The third kappa shape index (κ3) is 3.12. The molecule has 0 aliphatic carbocycles.